The predicted molar refractivity (Wildman–Crippen MR) is 240 cm³/mol. The normalized spacial score (nSPS) is 14.1. The zero-order valence-electron chi connectivity index (χ0n) is 31.2. The number of amidine groups is 1. The van der Waals surface area contributed by atoms with Crippen LogP contribution in [-0.4, -0.2) is 10.4 Å². The molecule has 10 aromatic rings. The molecular formula is C54H37N3. The first-order valence-electron chi connectivity index (χ1n) is 19.6. The van der Waals surface area contributed by atoms with Crippen molar-refractivity contribution in [2.45, 2.75) is 6.04 Å². The second-order valence-electron chi connectivity index (χ2n) is 14.7. The number of aliphatic imine (C=N–C) groups is 1. The molecule has 0 saturated carbocycles. The van der Waals surface area contributed by atoms with Gasteiger partial charge < -0.3 is 9.88 Å². The number of hydrogen-bond acceptors (Lipinski definition) is 2. The summed E-state index contributed by atoms with van der Waals surface area (Å²) < 4.78 is 2.47. The van der Waals surface area contributed by atoms with E-state index in [2.05, 4.69) is 222 Å². The van der Waals surface area contributed by atoms with Crippen molar-refractivity contribution in [2.75, 3.05) is 0 Å². The van der Waals surface area contributed by atoms with Crippen molar-refractivity contribution in [1.82, 2.24) is 9.88 Å². The van der Waals surface area contributed by atoms with Crippen LogP contribution in [0.25, 0.3) is 77.0 Å². The first-order chi connectivity index (χ1) is 28.3. The Kier molecular flexibility index (Phi) is 7.89. The van der Waals surface area contributed by atoms with Crippen LogP contribution in [-0.2, 0) is 0 Å². The standard InChI is InChI=1S/C54H37N3/c1-3-15-36(16-4-1)41-20-9-11-23-45(41)50-35-49(39-18-5-2-6-19-39)55-54(56-50)40-29-27-38(28-30-40)42-33-34-52(46-24-12-10-22-44(42)46)57-51-26-14-13-25-47(51)48-32-31-37-17-7-8-21-43(37)53(48)57/h1-35,49H,(H,55,56). The van der Waals surface area contributed by atoms with Crippen LogP contribution in [0.3, 0.4) is 0 Å². The van der Waals surface area contributed by atoms with Gasteiger partial charge in [-0.1, -0.05) is 194 Å². The SMILES string of the molecule is C1=C(c2ccccc2-c2ccccc2)N=C(c2ccc(-c3ccc(-n4c5ccccc5c5ccc6ccccc6c54)c4ccccc34)cc2)NC1c1ccccc1. The first kappa shape index (κ1) is 32.9. The summed E-state index contributed by atoms with van der Waals surface area (Å²) in [6.45, 7) is 0. The molecule has 2 heterocycles. The van der Waals surface area contributed by atoms with Gasteiger partial charge in [0, 0.05) is 32.7 Å². The Morgan fingerprint density at radius 2 is 1.02 bits per heavy atom. The third-order valence-electron chi connectivity index (χ3n) is 11.5. The molecule has 1 unspecified atom stereocenters. The fourth-order valence-corrected chi connectivity index (χ4v) is 8.77. The Morgan fingerprint density at radius 3 is 1.82 bits per heavy atom. The quantitative estimate of drug-likeness (QED) is 0.182. The van der Waals surface area contributed by atoms with Gasteiger partial charge in [0.15, 0.2) is 0 Å². The van der Waals surface area contributed by atoms with E-state index in [1.165, 1.54) is 71.3 Å². The van der Waals surface area contributed by atoms with Gasteiger partial charge in [-0.2, -0.15) is 0 Å². The summed E-state index contributed by atoms with van der Waals surface area (Å²) in [6, 6.07) is 74.1. The van der Waals surface area contributed by atoms with Gasteiger partial charge in [0.25, 0.3) is 0 Å². The molecule has 268 valence electrons. The third kappa shape index (κ3) is 5.63. The lowest BCUT2D eigenvalue weighted by molar-refractivity contribution is 0.781. The van der Waals surface area contributed by atoms with Gasteiger partial charge in [0.2, 0.25) is 0 Å². The summed E-state index contributed by atoms with van der Waals surface area (Å²) in [6.07, 6.45) is 2.25. The lowest BCUT2D eigenvalue weighted by atomic mass is 9.94. The molecule has 1 atom stereocenters. The molecule has 11 rings (SSSR count). The predicted octanol–water partition coefficient (Wildman–Crippen LogP) is 13.6. The molecule has 1 aliphatic heterocycles. The summed E-state index contributed by atoms with van der Waals surface area (Å²) in [5, 5.41) is 11.2. The molecule has 0 spiro atoms. The van der Waals surface area contributed by atoms with Gasteiger partial charge in [-0.05, 0) is 56.8 Å². The van der Waals surface area contributed by atoms with Crippen molar-refractivity contribution < 1.29 is 0 Å². The molecule has 0 bridgehead atoms. The second-order valence-corrected chi connectivity index (χ2v) is 14.7. The summed E-state index contributed by atoms with van der Waals surface area (Å²) in [5.74, 6) is 0.856. The molecule has 0 fully saturated rings. The first-order valence-corrected chi connectivity index (χ1v) is 19.6. The fraction of sp³-hybridized carbons (Fsp3) is 0.0185. The molecule has 57 heavy (non-hydrogen) atoms. The number of nitrogens with one attached hydrogen (secondary N) is 1. The molecule has 1 N–H and O–H groups in total. The summed E-state index contributed by atoms with van der Waals surface area (Å²) in [7, 11) is 0. The molecule has 0 amide bonds. The van der Waals surface area contributed by atoms with Gasteiger partial charge in [-0.25, -0.2) is 4.99 Å². The van der Waals surface area contributed by atoms with Gasteiger partial charge in [0.05, 0.1) is 28.5 Å². The average Bonchev–Trinajstić information content (AvgIpc) is 3.64. The number of aromatic nitrogens is 1. The highest BCUT2D eigenvalue weighted by molar-refractivity contribution is 6.19. The van der Waals surface area contributed by atoms with E-state index >= 15 is 0 Å². The molecule has 0 aliphatic carbocycles. The monoisotopic (exact) mass is 727 g/mol. The zero-order valence-corrected chi connectivity index (χ0v) is 31.2. The van der Waals surface area contributed by atoms with Crippen molar-refractivity contribution in [3.05, 3.63) is 229 Å². The van der Waals surface area contributed by atoms with Crippen LogP contribution in [0.5, 0.6) is 0 Å². The average molecular weight is 728 g/mol. The van der Waals surface area contributed by atoms with Crippen molar-refractivity contribution in [2.24, 2.45) is 4.99 Å². The maximum absolute atomic E-state index is 5.31. The van der Waals surface area contributed by atoms with Gasteiger partial charge in [-0.15, -0.1) is 0 Å². The van der Waals surface area contributed by atoms with Crippen molar-refractivity contribution in [3.8, 4) is 27.9 Å². The second kappa shape index (κ2) is 13.7. The van der Waals surface area contributed by atoms with E-state index in [1.54, 1.807) is 0 Å². The zero-order chi connectivity index (χ0) is 37.7. The third-order valence-corrected chi connectivity index (χ3v) is 11.5. The molecule has 1 aliphatic rings. The number of nitrogens with zero attached hydrogens (tertiary/aromatic N) is 2. The van der Waals surface area contributed by atoms with Crippen LogP contribution in [0.4, 0.5) is 0 Å². The van der Waals surface area contributed by atoms with Crippen LogP contribution in [0.15, 0.2) is 217 Å². The highest BCUT2D eigenvalue weighted by atomic mass is 15.0. The van der Waals surface area contributed by atoms with E-state index < -0.39 is 0 Å². The molecule has 3 nitrogen and oxygen atoms in total. The van der Waals surface area contributed by atoms with Crippen molar-refractivity contribution >= 4 is 54.9 Å². The Hall–Kier alpha value is -7.49. The number of rotatable bonds is 6. The lowest BCUT2D eigenvalue weighted by Crippen LogP contribution is -2.31. The minimum absolute atomic E-state index is 0.0355. The smallest absolute Gasteiger partial charge is 0.134 e. The Labute approximate surface area is 331 Å². The van der Waals surface area contributed by atoms with Crippen LogP contribution in [0, 0.1) is 0 Å². The van der Waals surface area contributed by atoms with E-state index in [0.717, 1.165) is 28.2 Å². The van der Waals surface area contributed by atoms with E-state index in [-0.39, 0.29) is 6.04 Å². The van der Waals surface area contributed by atoms with Crippen LogP contribution < -0.4 is 5.32 Å². The molecular weight excluding hydrogens is 691 g/mol. The Balaban J connectivity index is 1.02. The number of para-hydroxylation sites is 1. The van der Waals surface area contributed by atoms with E-state index in [1.807, 2.05) is 0 Å². The highest BCUT2D eigenvalue weighted by Gasteiger charge is 2.22. The van der Waals surface area contributed by atoms with Crippen molar-refractivity contribution in [1.29, 1.82) is 0 Å². The summed E-state index contributed by atoms with van der Waals surface area (Å²) >= 11 is 0. The summed E-state index contributed by atoms with van der Waals surface area (Å²) in [5.41, 5.74) is 12.6. The minimum Gasteiger partial charge on any atom is -0.359 e. The molecule has 1 aromatic heterocycles. The maximum atomic E-state index is 5.31. The van der Waals surface area contributed by atoms with Crippen LogP contribution >= 0.6 is 0 Å². The molecule has 0 saturated heterocycles. The van der Waals surface area contributed by atoms with Crippen molar-refractivity contribution in [3.63, 3.8) is 0 Å². The topological polar surface area (TPSA) is 29.3 Å². The van der Waals surface area contributed by atoms with E-state index in [0.29, 0.717) is 0 Å². The fourth-order valence-electron chi connectivity index (χ4n) is 8.77. The van der Waals surface area contributed by atoms with E-state index in [9.17, 15) is 0 Å². The molecule has 9 aromatic carbocycles. The minimum atomic E-state index is -0.0355. The Bertz CT molecular complexity index is 3190. The van der Waals surface area contributed by atoms with Gasteiger partial charge in [-0.3, -0.25) is 0 Å². The maximum Gasteiger partial charge on any atom is 0.134 e. The Morgan fingerprint density at radius 1 is 0.404 bits per heavy atom. The van der Waals surface area contributed by atoms with Gasteiger partial charge in [0.1, 0.15) is 5.84 Å². The summed E-state index contributed by atoms with van der Waals surface area (Å²) in [4.78, 5) is 5.31. The van der Waals surface area contributed by atoms with Crippen LogP contribution in [0.2, 0.25) is 0 Å². The highest BCUT2D eigenvalue weighted by Crippen LogP contribution is 2.41. The number of hydrogen-bond donors (Lipinski definition) is 1. The number of benzene rings is 9. The molecule has 3 heteroatoms. The molecule has 0 radical (unpaired) electrons. The van der Waals surface area contributed by atoms with Gasteiger partial charge >= 0.3 is 0 Å². The van der Waals surface area contributed by atoms with Crippen LogP contribution in [0.1, 0.15) is 22.7 Å². The lowest BCUT2D eigenvalue weighted by Gasteiger charge is -2.25. The van der Waals surface area contributed by atoms with E-state index in [4.69, 9.17) is 4.99 Å². The largest absolute Gasteiger partial charge is 0.359 e. The number of fused-ring (bicyclic) bond motifs is 6.